The van der Waals surface area contributed by atoms with E-state index in [9.17, 15) is 9.59 Å². The number of rotatable bonds is 6. The van der Waals surface area contributed by atoms with Gasteiger partial charge in [-0.1, -0.05) is 0 Å². The largest absolute Gasteiger partial charge is 0.468 e. The number of hydrogen-bond donors (Lipinski definition) is 1. The van der Waals surface area contributed by atoms with Crippen LogP contribution in [0.25, 0.3) is 0 Å². The molecular weight excluding hydrogens is 312 g/mol. The van der Waals surface area contributed by atoms with Crippen molar-refractivity contribution in [3.05, 3.63) is 0 Å². The van der Waals surface area contributed by atoms with Crippen LogP contribution in [0, 0.1) is 5.41 Å². The summed E-state index contributed by atoms with van der Waals surface area (Å²) in [6, 6.07) is -0.402. The molecule has 0 aromatic carbocycles. The van der Waals surface area contributed by atoms with Crippen LogP contribution in [-0.4, -0.2) is 69.1 Å². The first kappa shape index (κ1) is 20.7. The van der Waals surface area contributed by atoms with Gasteiger partial charge in [0.2, 0.25) is 0 Å². The average Bonchev–Trinajstić information content (AvgIpc) is 2.50. The highest BCUT2D eigenvalue weighted by Crippen LogP contribution is 2.31. The molecule has 1 saturated heterocycles. The number of methoxy groups -OCH3 is 2. The lowest BCUT2D eigenvalue weighted by molar-refractivity contribution is -0.142. The van der Waals surface area contributed by atoms with Crippen molar-refractivity contribution >= 4 is 12.1 Å². The molecule has 1 heterocycles. The molecule has 0 aliphatic carbocycles. The van der Waals surface area contributed by atoms with Gasteiger partial charge in [0, 0.05) is 32.2 Å². The zero-order valence-electron chi connectivity index (χ0n) is 15.8. The third-order valence-electron chi connectivity index (χ3n) is 4.10. The van der Waals surface area contributed by atoms with Gasteiger partial charge in [-0.3, -0.25) is 4.79 Å². The number of likely N-dealkylation sites (tertiary alicyclic amines) is 1. The summed E-state index contributed by atoms with van der Waals surface area (Å²) in [6.07, 6.45) is 1.49. The van der Waals surface area contributed by atoms with Gasteiger partial charge in [-0.15, -0.1) is 0 Å². The summed E-state index contributed by atoms with van der Waals surface area (Å²) < 4.78 is 15.6. The third kappa shape index (κ3) is 6.28. The molecule has 1 fully saturated rings. The Morgan fingerprint density at radius 1 is 1.29 bits per heavy atom. The summed E-state index contributed by atoms with van der Waals surface area (Å²) in [5, 5.41) is 3.20. The Labute approximate surface area is 145 Å². The monoisotopic (exact) mass is 344 g/mol. The molecule has 1 N–H and O–H groups in total. The highest BCUT2D eigenvalue weighted by Gasteiger charge is 2.39. The van der Waals surface area contributed by atoms with Crippen molar-refractivity contribution in [2.24, 2.45) is 5.41 Å². The van der Waals surface area contributed by atoms with Crippen LogP contribution < -0.4 is 5.32 Å². The molecule has 140 valence electrons. The van der Waals surface area contributed by atoms with Gasteiger partial charge in [-0.2, -0.15) is 0 Å². The maximum Gasteiger partial charge on any atom is 0.410 e. The number of amides is 1. The maximum absolute atomic E-state index is 12.4. The minimum Gasteiger partial charge on any atom is -0.468 e. The Kier molecular flexibility index (Phi) is 7.48. The highest BCUT2D eigenvalue weighted by atomic mass is 16.6. The van der Waals surface area contributed by atoms with Gasteiger partial charge in [0.15, 0.2) is 0 Å². The van der Waals surface area contributed by atoms with Gasteiger partial charge in [-0.05, 0) is 40.5 Å². The van der Waals surface area contributed by atoms with Crippen LogP contribution >= 0.6 is 0 Å². The van der Waals surface area contributed by atoms with E-state index in [1.54, 1.807) is 18.9 Å². The highest BCUT2D eigenvalue weighted by molar-refractivity contribution is 5.75. The molecule has 1 amide bonds. The second-order valence-electron chi connectivity index (χ2n) is 7.56. The molecule has 2 atom stereocenters. The Morgan fingerprint density at radius 2 is 1.96 bits per heavy atom. The van der Waals surface area contributed by atoms with Crippen LogP contribution in [0.15, 0.2) is 0 Å². The Morgan fingerprint density at radius 3 is 2.50 bits per heavy atom. The summed E-state index contributed by atoms with van der Waals surface area (Å²) in [7, 11) is 3.02. The summed E-state index contributed by atoms with van der Waals surface area (Å²) in [5.74, 6) is -0.303. The summed E-state index contributed by atoms with van der Waals surface area (Å²) in [4.78, 5) is 25.7. The third-order valence-corrected chi connectivity index (χ3v) is 4.10. The van der Waals surface area contributed by atoms with Crippen LogP contribution in [0.4, 0.5) is 4.79 Å². The molecule has 7 nitrogen and oxygen atoms in total. The molecule has 0 radical (unpaired) electrons. The first-order valence-electron chi connectivity index (χ1n) is 8.40. The molecule has 1 aliphatic rings. The molecule has 2 unspecified atom stereocenters. The molecule has 1 aliphatic heterocycles. The molecule has 24 heavy (non-hydrogen) atoms. The van der Waals surface area contributed by atoms with Crippen molar-refractivity contribution in [2.75, 3.05) is 40.5 Å². The predicted octanol–water partition coefficient (Wildman–Crippen LogP) is 1.80. The van der Waals surface area contributed by atoms with E-state index < -0.39 is 11.6 Å². The van der Waals surface area contributed by atoms with Crippen LogP contribution in [0.3, 0.4) is 0 Å². The van der Waals surface area contributed by atoms with Crippen molar-refractivity contribution in [2.45, 2.75) is 52.2 Å². The van der Waals surface area contributed by atoms with E-state index in [0.29, 0.717) is 26.2 Å². The van der Waals surface area contributed by atoms with Crippen molar-refractivity contribution in [3.8, 4) is 0 Å². The smallest absolute Gasteiger partial charge is 0.410 e. The quantitative estimate of drug-likeness (QED) is 0.741. The van der Waals surface area contributed by atoms with Crippen LogP contribution in [0.5, 0.6) is 0 Å². The van der Waals surface area contributed by atoms with E-state index >= 15 is 0 Å². The molecule has 7 heteroatoms. The van der Waals surface area contributed by atoms with Gasteiger partial charge in [-0.25, -0.2) is 4.79 Å². The fourth-order valence-corrected chi connectivity index (χ4v) is 2.94. The van der Waals surface area contributed by atoms with E-state index in [1.165, 1.54) is 7.11 Å². The number of nitrogens with zero attached hydrogens (tertiary/aromatic N) is 1. The Bertz CT molecular complexity index is 431. The molecule has 0 aromatic heterocycles. The number of nitrogens with one attached hydrogen (secondary N) is 1. The van der Waals surface area contributed by atoms with Gasteiger partial charge in [0.05, 0.1) is 13.7 Å². The van der Waals surface area contributed by atoms with E-state index in [0.717, 1.165) is 12.8 Å². The lowest BCUT2D eigenvalue weighted by atomic mass is 9.80. The first-order chi connectivity index (χ1) is 11.1. The lowest BCUT2D eigenvalue weighted by Gasteiger charge is -2.43. The number of hydrogen-bond acceptors (Lipinski definition) is 6. The van der Waals surface area contributed by atoms with Gasteiger partial charge >= 0.3 is 12.1 Å². The second-order valence-corrected chi connectivity index (χ2v) is 7.56. The van der Waals surface area contributed by atoms with Crippen LogP contribution in [0.2, 0.25) is 0 Å². The number of esters is 1. The molecular formula is C17H32N2O5. The fourth-order valence-electron chi connectivity index (χ4n) is 2.94. The van der Waals surface area contributed by atoms with Crippen LogP contribution in [-0.2, 0) is 19.0 Å². The summed E-state index contributed by atoms with van der Waals surface area (Å²) in [5.41, 5.74) is -0.762. The number of piperidine rings is 1. The molecule has 0 aromatic rings. The molecule has 0 bridgehead atoms. The average molecular weight is 344 g/mol. The standard InChI is InChI=1S/C17H32N2O5/c1-13(14(20)23-6)18-10-17(12-22-5)8-7-9-19(11-17)15(21)24-16(2,3)4/h13,18H,7-12H2,1-6H3. The van der Waals surface area contributed by atoms with E-state index in [1.807, 2.05) is 20.8 Å². The number of carbonyl (C=O) groups excluding carboxylic acids is 2. The first-order valence-corrected chi connectivity index (χ1v) is 8.40. The Balaban J connectivity index is 2.74. The van der Waals surface area contributed by atoms with Gasteiger partial charge in [0.1, 0.15) is 11.6 Å². The number of ether oxygens (including phenoxy) is 3. The Hall–Kier alpha value is -1.34. The minimum atomic E-state index is -0.518. The van der Waals surface area contributed by atoms with E-state index in [-0.39, 0.29) is 17.5 Å². The molecule has 0 spiro atoms. The van der Waals surface area contributed by atoms with Crippen LogP contribution in [0.1, 0.15) is 40.5 Å². The second kappa shape index (κ2) is 8.67. The molecule has 1 rings (SSSR count). The maximum atomic E-state index is 12.4. The van der Waals surface area contributed by atoms with Gasteiger partial charge < -0.3 is 24.4 Å². The van der Waals surface area contributed by atoms with Crippen molar-refractivity contribution in [1.29, 1.82) is 0 Å². The minimum absolute atomic E-state index is 0.244. The summed E-state index contributed by atoms with van der Waals surface area (Å²) in [6.45, 7) is 9.62. The SMILES string of the molecule is COCC1(CNC(C)C(=O)OC)CCCN(C(=O)OC(C)(C)C)C1. The van der Waals surface area contributed by atoms with Crippen molar-refractivity contribution < 1.29 is 23.8 Å². The fraction of sp³-hybridized carbons (Fsp3) is 0.882. The lowest BCUT2D eigenvalue weighted by Crippen LogP contribution is -2.54. The predicted molar refractivity (Wildman–Crippen MR) is 90.8 cm³/mol. The zero-order chi connectivity index (χ0) is 18.4. The van der Waals surface area contributed by atoms with Crippen molar-refractivity contribution in [3.63, 3.8) is 0 Å². The van der Waals surface area contributed by atoms with E-state index in [4.69, 9.17) is 14.2 Å². The zero-order valence-corrected chi connectivity index (χ0v) is 15.8. The van der Waals surface area contributed by atoms with Crippen molar-refractivity contribution in [1.82, 2.24) is 10.2 Å². The van der Waals surface area contributed by atoms with E-state index in [2.05, 4.69) is 5.32 Å². The number of carbonyl (C=O) groups is 2. The van der Waals surface area contributed by atoms with Gasteiger partial charge in [0.25, 0.3) is 0 Å². The summed E-state index contributed by atoms with van der Waals surface area (Å²) >= 11 is 0. The topological polar surface area (TPSA) is 77.1 Å². The normalized spacial score (nSPS) is 22.8. The molecule has 0 saturated carbocycles.